The lowest BCUT2D eigenvalue weighted by Crippen LogP contribution is -2.10. The van der Waals surface area contributed by atoms with Crippen molar-refractivity contribution in [2.75, 3.05) is 0 Å². The summed E-state index contributed by atoms with van der Waals surface area (Å²) in [6, 6.07) is 6.79. The molecule has 0 saturated heterocycles. The maximum Gasteiger partial charge on any atom is -0.0193 e. The van der Waals surface area contributed by atoms with Crippen molar-refractivity contribution >= 4 is 5.57 Å². The van der Waals surface area contributed by atoms with Gasteiger partial charge in [0.15, 0.2) is 0 Å². The van der Waals surface area contributed by atoms with E-state index >= 15 is 0 Å². The first-order valence-corrected chi connectivity index (χ1v) is 5.25. The van der Waals surface area contributed by atoms with Crippen molar-refractivity contribution in [1.29, 1.82) is 0 Å². The Morgan fingerprint density at radius 1 is 1.00 bits per heavy atom. The van der Waals surface area contributed by atoms with E-state index in [1.165, 1.54) is 32.1 Å². The minimum atomic E-state index is 1.29. The van der Waals surface area contributed by atoms with Gasteiger partial charge in [0.2, 0.25) is 0 Å². The molecule has 0 heterocycles. The molecule has 0 aromatic heterocycles. The van der Waals surface area contributed by atoms with Crippen LogP contribution in [0.5, 0.6) is 0 Å². The van der Waals surface area contributed by atoms with E-state index in [4.69, 9.17) is 0 Å². The number of rotatable bonds is 1. The molecular formula is C13H14. The summed E-state index contributed by atoms with van der Waals surface area (Å²) in [5.41, 5.74) is 6.39. The zero-order chi connectivity index (χ0) is 8.67. The van der Waals surface area contributed by atoms with Gasteiger partial charge in [-0.1, -0.05) is 24.3 Å². The van der Waals surface area contributed by atoms with Gasteiger partial charge in [-0.2, -0.15) is 0 Å². The van der Waals surface area contributed by atoms with Gasteiger partial charge >= 0.3 is 0 Å². The SMILES string of the molecule is C1=C(c2cccc3c2CC3)CCC1. The molecule has 0 saturated carbocycles. The molecule has 66 valence electrons. The van der Waals surface area contributed by atoms with Crippen LogP contribution in [-0.2, 0) is 12.8 Å². The van der Waals surface area contributed by atoms with Crippen LogP contribution in [0.1, 0.15) is 36.0 Å². The van der Waals surface area contributed by atoms with E-state index in [-0.39, 0.29) is 0 Å². The molecule has 13 heavy (non-hydrogen) atoms. The number of benzene rings is 1. The van der Waals surface area contributed by atoms with Gasteiger partial charge in [-0.05, 0) is 54.4 Å². The molecule has 0 nitrogen and oxygen atoms in total. The van der Waals surface area contributed by atoms with Crippen LogP contribution < -0.4 is 0 Å². The van der Waals surface area contributed by atoms with E-state index in [1.807, 2.05) is 0 Å². The molecule has 0 radical (unpaired) electrons. The maximum atomic E-state index is 2.42. The number of aryl methyl sites for hydroxylation is 1. The first-order valence-electron chi connectivity index (χ1n) is 5.25. The monoisotopic (exact) mass is 170 g/mol. The van der Waals surface area contributed by atoms with Gasteiger partial charge in [-0.15, -0.1) is 0 Å². The molecule has 0 spiro atoms. The second kappa shape index (κ2) is 2.73. The normalized spacial score (nSPS) is 19.2. The van der Waals surface area contributed by atoms with Crippen molar-refractivity contribution in [2.24, 2.45) is 0 Å². The average Bonchev–Trinajstić information content (AvgIpc) is 2.59. The van der Waals surface area contributed by atoms with Gasteiger partial charge in [0.1, 0.15) is 0 Å². The first-order chi connectivity index (χ1) is 6.45. The average molecular weight is 170 g/mol. The summed E-state index contributed by atoms with van der Waals surface area (Å²) in [6.45, 7) is 0. The molecule has 1 aromatic rings. The topological polar surface area (TPSA) is 0 Å². The fraction of sp³-hybridized carbons (Fsp3) is 0.385. The Morgan fingerprint density at radius 3 is 2.69 bits per heavy atom. The zero-order valence-electron chi connectivity index (χ0n) is 7.84. The quantitative estimate of drug-likeness (QED) is 0.606. The lowest BCUT2D eigenvalue weighted by molar-refractivity contribution is 0.832. The Hall–Kier alpha value is -1.04. The predicted molar refractivity (Wildman–Crippen MR) is 55.7 cm³/mol. The Bertz CT molecular complexity index is 372. The molecule has 0 bridgehead atoms. The van der Waals surface area contributed by atoms with Crippen LogP contribution in [0, 0.1) is 0 Å². The standard InChI is InChI=1S/C13H14/c1-2-5-10(4-1)12-7-3-6-11-8-9-13(11)12/h3-4,6-7H,1-2,5,8-9H2. The number of fused-ring (bicyclic) bond motifs is 1. The van der Waals surface area contributed by atoms with Gasteiger partial charge in [0.05, 0.1) is 0 Å². The summed E-state index contributed by atoms with van der Waals surface area (Å²) in [7, 11) is 0. The summed E-state index contributed by atoms with van der Waals surface area (Å²) in [6.07, 6.45) is 8.99. The Morgan fingerprint density at radius 2 is 2.00 bits per heavy atom. The van der Waals surface area contributed by atoms with Gasteiger partial charge in [-0.3, -0.25) is 0 Å². The van der Waals surface area contributed by atoms with E-state index in [0.717, 1.165) is 0 Å². The molecular weight excluding hydrogens is 156 g/mol. The van der Waals surface area contributed by atoms with E-state index in [0.29, 0.717) is 0 Å². The van der Waals surface area contributed by atoms with Crippen LogP contribution in [-0.4, -0.2) is 0 Å². The highest BCUT2D eigenvalue weighted by Gasteiger charge is 2.19. The smallest absolute Gasteiger partial charge is 0.0193 e. The van der Waals surface area contributed by atoms with Crippen LogP contribution in [0.3, 0.4) is 0 Å². The van der Waals surface area contributed by atoms with E-state index in [2.05, 4.69) is 24.3 Å². The maximum absolute atomic E-state index is 2.42. The van der Waals surface area contributed by atoms with Gasteiger partial charge < -0.3 is 0 Å². The van der Waals surface area contributed by atoms with Crippen LogP contribution in [0.4, 0.5) is 0 Å². The molecule has 0 amide bonds. The van der Waals surface area contributed by atoms with Crippen molar-refractivity contribution in [1.82, 2.24) is 0 Å². The molecule has 1 aromatic carbocycles. The molecule has 2 aliphatic carbocycles. The zero-order valence-corrected chi connectivity index (χ0v) is 7.84. The van der Waals surface area contributed by atoms with Crippen molar-refractivity contribution in [3.05, 3.63) is 41.0 Å². The second-order valence-corrected chi connectivity index (χ2v) is 4.06. The summed E-state index contributed by atoms with van der Waals surface area (Å²) in [5, 5.41) is 0. The van der Waals surface area contributed by atoms with Crippen molar-refractivity contribution < 1.29 is 0 Å². The lowest BCUT2D eigenvalue weighted by Gasteiger charge is -2.22. The van der Waals surface area contributed by atoms with Gasteiger partial charge in [0, 0.05) is 0 Å². The highest BCUT2D eigenvalue weighted by molar-refractivity contribution is 5.72. The highest BCUT2D eigenvalue weighted by atomic mass is 14.2. The summed E-state index contributed by atoms with van der Waals surface area (Å²) < 4.78 is 0. The third kappa shape index (κ3) is 1.05. The molecule has 0 fully saturated rings. The first kappa shape index (κ1) is 7.37. The molecule has 0 atom stereocenters. The largest absolute Gasteiger partial charge is 0.0807 e. The van der Waals surface area contributed by atoms with Crippen molar-refractivity contribution in [2.45, 2.75) is 32.1 Å². The van der Waals surface area contributed by atoms with Crippen LogP contribution in [0.2, 0.25) is 0 Å². The molecule has 3 rings (SSSR count). The molecule has 0 unspecified atom stereocenters. The number of allylic oxidation sites excluding steroid dienone is 2. The Balaban J connectivity index is 2.09. The van der Waals surface area contributed by atoms with Crippen molar-refractivity contribution in [3.8, 4) is 0 Å². The summed E-state index contributed by atoms with van der Waals surface area (Å²) in [4.78, 5) is 0. The summed E-state index contributed by atoms with van der Waals surface area (Å²) >= 11 is 0. The molecule has 0 heteroatoms. The third-order valence-electron chi connectivity index (χ3n) is 3.30. The van der Waals surface area contributed by atoms with E-state index in [1.54, 1.807) is 22.3 Å². The van der Waals surface area contributed by atoms with Crippen LogP contribution in [0.25, 0.3) is 5.57 Å². The van der Waals surface area contributed by atoms with E-state index in [9.17, 15) is 0 Å². The number of hydrogen-bond donors (Lipinski definition) is 0. The van der Waals surface area contributed by atoms with Crippen LogP contribution in [0.15, 0.2) is 24.3 Å². The summed E-state index contributed by atoms with van der Waals surface area (Å²) in [5.74, 6) is 0. The minimum Gasteiger partial charge on any atom is -0.0807 e. The molecule has 2 aliphatic rings. The fourth-order valence-electron chi connectivity index (χ4n) is 2.46. The third-order valence-corrected chi connectivity index (χ3v) is 3.30. The van der Waals surface area contributed by atoms with Gasteiger partial charge in [-0.25, -0.2) is 0 Å². The second-order valence-electron chi connectivity index (χ2n) is 4.06. The van der Waals surface area contributed by atoms with Gasteiger partial charge in [0.25, 0.3) is 0 Å². The molecule has 0 N–H and O–H groups in total. The molecule has 0 aliphatic heterocycles. The predicted octanol–water partition coefficient (Wildman–Crippen LogP) is 3.35. The highest BCUT2D eigenvalue weighted by Crippen LogP contribution is 2.35. The Kier molecular flexibility index (Phi) is 1.55. The minimum absolute atomic E-state index is 1.29. The van der Waals surface area contributed by atoms with Crippen LogP contribution >= 0.6 is 0 Å². The Labute approximate surface area is 79.3 Å². The fourth-order valence-corrected chi connectivity index (χ4v) is 2.46. The van der Waals surface area contributed by atoms with Crippen molar-refractivity contribution in [3.63, 3.8) is 0 Å². The lowest BCUT2D eigenvalue weighted by atomic mass is 9.82. The van der Waals surface area contributed by atoms with E-state index < -0.39 is 0 Å². The number of hydrogen-bond acceptors (Lipinski definition) is 0.